The van der Waals surface area contributed by atoms with Gasteiger partial charge in [-0.1, -0.05) is 11.6 Å². The molecule has 1 N–H and O–H groups in total. The van der Waals surface area contributed by atoms with E-state index in [1.807, 2.05) is 0 Å². The highest BCUT2D eigenvalue weighted by molar-refractivity contribution is 6.30. The molecule has 3 aromatic rings. The highest BCUT2D eigenvalue weighted by atomic mass is 35.5. The summed E-state index contributed by atoms with van der Waals surface area (Å²) in [6.45, 7) is 0. The molecule has 0 radical (unpaired) electrons. The Kier molecular flexibility index (Phi) is 3.58. The summed E-state index contributed by atoms with van der Waals surface area (Å²) in [5.41, 5.74) is -0.413. The summed E-state index contributed by atoms with van der Waals surface area (Å²) in [5, 5.41) is 18.6. The molecule has 9 heteroatoms. The lowest BCUT2D eigenvalue weighted by Crippen LogP contribution is -2.05. The van der Waals surface area contributed by atoms with E-state index in [-0.39, 0.29) is 22.7 Å². The normalized spacial score (nSPS) is 11.4. The topological polar surface area (TPSA) is 78.5 Å². The van der Waals surface area contributed by atoms with Gasteiger partial charge in [0.25, 0.3) is 0 Å². The molecule has 23 heavy (non-hydrogen) atoms. The van der Waals surface area contributed by atoms with Crippen LogP contribution >= 0.6 is 11.6 Å². The minimum absolute atomic E-state index is 0.0177. The molecule has 116 valence electrons. The third-order valence-corrected chi connectivity index (χ3v) is 3.28. The molecule has 0 fully saturated rings. The van der Waals surface area contributed by atoms with E-state index in [0.29, 0.717) is 10.6 Å². The lowest BCUT2D eigenvalue weighted by atomic mass is 10.1. The van der Waals surface area contributed by atoms with E-state index < -0.39 is 11.9 Å². The predicted octanol–water partition coefficient (Wildman–Crippen LogP) is 4.28. The molecule has 0 aliphatic rings. The van der Waals surface area contributed by atoms with E-state index in [9.17, 15) is 13.2 Å². The maximum Gasteiger partial charge on any atom is 0.450 e. The van der Waals surface area contributed by atoms with Gasteiger partial charge >= 0.3 is 6.18 Å². The van der Waals surface area contributed by atoms with Gasteiger partial charge in [-0.05, 0) is 30.3 Å². The predicted molar refractivity (Wildman–Crippen MR) is 74.2 cm³/mol. The molecular weight excluding hydrogens is 333 g/mol. The van der Waals surface area contributed by atoms with Crippen LogP contribution in [0.4, 0.5) is 13.2 Å². The minimum atomic E-state index is -4.74. The van der Waals surface area contributed by atoms with Crippen molar-refractivity contribution < 1.29 is 17.6 Å². The number of alkyl halides is 3. The number of hydrogen-bond donors (Lipinski definition) is 1. The first-order chi connectivity index (χ1) is 10.9. The fourth-order valence-electron chi connectivity index (χ4n) is 2.03. The first kappa shape index (κ1) is 15.1. The van der Waals surface area contributed by atoms with Crippen molar-refractivity contribution in [3.63, 3.8) is 0 Å². The van der Waals surface area contributed by atoms with Crippen molar-refractivity contribution in [2.45, 2.75) is 6.18 Å². The van der Waals surface area contributed by atoms with Crippen LogP contribution in [-0.2, 0) is 6.18 Å². The van der Waals surface area contributed by atoms with Crippen molar-refractivity contribution in [1.82, 2.24) is 15.4 Å². The molecular formula is C14H6ClF3N4O. The number of nitriles is 1. The van der Waals surface area contributed by atoms with Gasteiger partial charge in [-0.3, -0.25) is 0 Å². The Labute approximate surface area is 132 Å². The number of halogens is 4. The van der Waals surface area contributed by atoms with Crippen LogP contribution in [0.2, 0.25) is 5.02 Å². The summed E-state index contributed by atoms with van der Waals surface area (Å²) in [7, 11) is 0. The molecule has 0 saturated heterocycles. The van der Waals surface area contributed by atoms with Crippen molar-refractivity contribution in [3.8, 4) is 28.7 Å². The number of aromatic amines is 1. The zero-order chi connectivity index (χ0) is 16.6. The molecule has 1 aromatic carbocycles. The van der Waals surface area contributed by atoms with Gasteiger partial charge in [-0.25, -0.2) is 0 Å². The molecule has 2 heterocycles. The Hall–Kier alpha value is -2.79. The van der Waals surface area contributed by atoms with Crippen molar-refractivity contribution >= 4 is 11.6 Å². The third kappa shape index (κ3) is 2.78. The van der Waals surface area contributed by atoms with Crippen molar-refractivity contribution in [1.29, 1.82) is 5.26 Å². The average Bonchev–Trinajstić information content (AvgIpc) is 3.13. The van der Waals surface area contributed by atoms with Crippen LogP contribution < -0.4 is 0 Å². The van der Waals surface area contributed by atoms with Gasteiger partial charge in [0, 0.05) is 10.6 Å². The average molecular weight is 339 g/mol. The van der Waals surface area contributed by atoms with E-state index in [4.69, 9.17) is 21.3 Å². The number of benzene rings is 1. The molecule has 0 unspecified atom stereocenters. The van der Waals surface area contributed by atoms with E-state index in [1.165, 1.54) is 30.3 Å². The van der Waals surface area contributed by atoms with Crippen LogP contribution in [0.15, 0.2) is 34.7 Å². The Morgan fingerprint density at radius 1 is 1.17 bits per heavy atom. The second kappa shape index (κ2) is 5.44. The van der Waals surface area contributed by atoms with Gasteiger partial charge in [0.1, 0.15) is 17.5 Å². The highest BCUT2D eigenvalue weighted by Crippen LogP contribution is 2.41. The van der Waals surface area contributed by atoms with Crippen molar-refractivity contribution in [3.05, 3.63) is 46.8 Å². The van der Waals surface area contributed by atoms with Crippen molar-refractivity contribution in [2.75, 3.05) is 0 Å². The summed E-state index contributed by atoms with van der Waals surface area (Å²) in [6.07, 6.45) is -4.74. The Morgan fingerprint density at radius 3 is 2.48 bits per heavy atom. The monoisotopic (exact) mass is 338 g/mol. The van der Waals surface area contributed by atoms with E-state index in [1.54, 1.807) is 6.07 Å². The second-order valence-corrected chi connectivity index (χ2v) is 4.93. The number of furan rings is 1. The molecule has 0 amide bonds. The van der Waals surface area contributed by atoms with Crippen LogP contribution in [0.25, 0.3) is 22.6 Å². The number of rotatable bonds is 2. The van der Waals surface area contributed by atoms with Crippen LogP contribution in [0.5, 0.6) is 0 Å². The minimum Gasteiger partial charge on any atom is -0.451 e. The summed E-state index contributed by atoms with van der Waals surface area (Å²) < 4.78 is 44.6. The standard InChI is InChI=1S/C14H6ClF3N4O/c15-8-3-1-7(2-4-8)11-5-9(13(23-11)14(16,17)18)12-10(6-19)20-22-21-12/h1-5H,(H,20,21,22). The quantitative estimate of drug-likeness (QED) is 0.756. The highest BCUT2D eigenvalue weighted by Gasteiger charge is 2.40. The first-order valence-electron chi connectivity index (χ1n) is 6.18. The SMILES string of the molecule is N#Cc1n[nH]nc1-c1cc(-c2ccc(Cl)cc2)oc1C(F)(F)F. The summed E-state index contributed by atoms with van der Waals surface area (Å²) in [6, 6.07) is 8.96. The molecule has 3 rings (SSSR count). The molecule has 0 aliphatic heterocycles. The number of hydrogen-bond acceptors (Lipinski definition) is 4. The van der Waals surface area contributed by atoms with Gasteiger partial charge in [0.15, 0.2) is 5.69 Å². The van der Waals surface area contributed by atoms with Gasteiger partial charge < -0.3 is 4.42 Å². The summed E-state index contributed by atoms with van der Waals surface area (Å²) in [4.78, 5) is 0. The van der Waals surface area contributed by atoms with Crippen LogP contribution in [0.1, 0.15) is 11.5 Å². The zero-order valence-electron chi connectivity index (χ0n) is 11.1. The molecule has 5 nitrogen and oxygen atoms in total. The fraction of sp³-hybridized carbons (Fsp3) is 0.0714. The van der Waals surface area contributed by atoms with E-state index >= 15 is 0 Å². The molecule has 0 atom stereocenters. The van der Waals surface area contributed by atoms with Crippen LogP contribution in [0, 0.1) is 11.3 Å². The van der Waals surface area contributed by atoms with Crippen molar-refractivity contribution in [2.24, 2.45) is 0 Å². The Bertz CT molecular complexity index is 890. The molecule has 0 spiro atoms. The zero-order valence-corrected chi connectivity index (χ0v) is 11.9. The lowest BCUT2D eigenvalue weighted by molar-refractivity contribution is -0.152. The number of nitrogens with zero attached hydrogens (tertiary/aromatic N) is 3. The summed E-state index contributed by atoms with van der Waals surface area (Å²) in [5.74, 6) is -1.26. The van der Waals surface area contributed by atoms with Crippen LogP contribution in [-0.4, -0.2) is 15.4 Å². The Morgan fingerprint density at radius 2 is 1.87 bits per heavy atom. The number of H-pyrrole nitrogens is 1. The smallest absolute Gasteiger partial charge is 0.450 e. The molecule has 0 aliphatic carbocycles. The number of nitrogens with one attached hydrogen (secondary N) is 1. The fourth-order valence-corrected chi connectivity index (χ4v) is 2.16. The maximum absolute atomic E-state index is 13.2. The second-order valence-electron chi connectivity index (χ2n) is 4.49. The van der Waals surface area contributed by atoms with E-state index in [0.717, 1.165) is 0 Å². The third-order valence-electron chi connectivity index (χ3n) is 3.03. The van der Waals surface area contributed by atoms with Gasteiger partial charge in [-0.2, -0.15) is 28.7 Å². The Balaban J connectivity index is 2.19. The largest absolute Gasteiger partial charge is 0.451 e. The number of aromatic nitrogens is 3. The van der Waals surface area contributed by atoms with Gasteiger partial charge in [0.2, 0.25) is 5.76 Å². The van der Waals surface area contributed by atoms with Gasteiger partial charge in [-0.15, -0.1) is 5.10 Å². The van der Waals surface area contributed by atoms with Crippen LogP contribution in [0.3, 0.4) is 0 Å². The maximum atomic E-state index is 13.2. The first-order valence-corrected chi connectivity index (χ1v) is 6.56. The molecule has 0 bridgehead atoms. The molecule has 0 saturated carbocycles. The van der Waals surface area contributed by atoms with Gasteiger partial charge in [0.05, 0.1) is 5.56 Å². The molecule has 2 aromatic heterocycles. The van der Waals surface area contributed by atoms with E-state index in [2.05, 4.69) is 15.4 Å². The summed E-state index contributed by atoms with van der Waals surface area (Å²) >= 11 is 5.76. The lowest BCUT2D eigenvalue weighted by Gasteiger charge is -2.04.